The van der Waals surface area contributed by atoms with Gasteiger partial charge in [-0.05, 0) is 24.8 Å². The van der Waals surface area contributed by atoms with Crippen molar-refractivity contribution < 1.29 is 9.90 Å². The van der Waals surface area contributed by atoms with Gasteiger partial charge in [0, 0.05) is 68.7 Å². The van der Waals surface area contributed by atoms with Gasteiger partial charge in [0.1, 0.15) is 6.33 Å². The van der Waals surface area contributed by atoms with E-state index in [0.29, 0.717) is 18.0 Å². The Morgan fingerprint density at radius 1 is 1.13 bits per heavy atom. The molecule has 0 spiro atoms. The van der Waals surface area contributed by atoms with Crippen molar-refractivity contribution in [2.45, 2.75) is 55.8 Å². The maximum atomic E-state index is 11.6. The second kappa shape index (κ2) is 8.65. The molecule has 3 heterocycles. The van der Waals surface area contributed by atoms with E-state index in [1.54, 1.807) is 0 Å². The summed E-state index contributed by atoms with van der Waals surface area (Å²) >= 11 is 0. The normalized spacial score (nSPS) is 26.3. The largest absolute Gasteiger partial charge is 0.481 e. The lowest BCUT2D eigenvalue weighted by Gasteiger charge is -2.57. The lowest BCUT2D eigenvalue weighted by Crippen LogP contribution is -2.71. The molecule has 1 saturated carbocycles. The van der Waals surface area contributed by atoms with Crippen molar-refractivity contribution in [2.75, 3.05) is 26.2 Å². The van der Waals surface area contributed by atoms with Gasteiger partial charge in [-0.2, -0.15) is 0 Å². The molecule has 2 aromatic rings. The van der Waals surface area contributed by atoms with Crippen LogP contribution < -0.4 is 5.32 Å². The second-order valence-corrected chi connectivity index (χ2v) is 9.47. The number of rotatable bonds is 8. The third-order valence-electron chi connectivity index (χ3n) is 7.17. The number of aliphatic carboxylic acids is 1. The third kappa shape index (κ3) is 4.63. The van der Waals surface area contributed by atoms with E-state index < -0.39 is 5.97 Å². The van der Waals surface area contributed by atoms with E-state index in [4.69, 9.17) is 0 Å². The molecule has 3 aliphatic rings. The molecule has 2 atom stereocenters. The van der Waals surface area contributed by atoms with E-state index in [-0.39, 0.29) is 12.0 Å². The Morgan fingerprint density at radius 2 is 1.84 bits per heavy atom. The van der Waals surface area contributed by atoms with Crippen molar-refractivity contribution in [2.24, 2.45) is 0 Å². The maximum Gasteiger partial charge on any atom is 0.305 e. The summed E-state index contributed by atoms with van der Waals surface area (Å²) in [5, 5.41) is 13.4. The molecule has 1 aliphatic carbocycles. The summed E-state index contributed by atoms with van der Waals surface area (Å²) < 4.78 is 0. The molecular weight excluding hydrogens is 390 g/mol. The lowest BCUT2D eigenvalue weighted by molar-refractivity contribution is -0.147. The number of carboxylic acids is 1. The van der Waals surface area contributed by atoms with Crippen molar-refractivity contribution in [1.82, 2.24) is 25.1 Å². The highest BCUT2D eigenvalue weighted by Crippen LogP contribution is 2.42. The number of nitrogens with zero attached hydrogens (tertiary/aromatic N) is 4. The zero-order valence-corrected chi connectivity index (χ0v) is 17.9. The topological polar surface area (TPSA) is 81.6 Å². The molecule has 1 aromatic carbocycles. The summed E-state index contributed by atoms with van der Waals surface area (Å²) in [5.74, 6) is -0.0497. The Kier molecular flexibility index (Phi) is 5.73. The van der Waals surface area contributed by atoms with Crippen LogP contribution in [0.25, 0.3) is 0 Å². The molecule has 1 unspecified atom stereocenters. The number of nitrogens with one attached hydrogen (secondary N) is 1. The van der Waals surface area contributed by atoms with Crippen LogP contribution in [0.15, 0.2) is 49.1 Å². The van der Waals surface area contributed by atoms with Crippen LogP contribution in [0.1, 0.15) is 42.7 Å². The van der Waals surface area contributed by atoms with E-state index in [1.807, 2.05) is 12.4 Å². The minimum absolute atomic E-state index is 0.214. The molecule has 164 valence electrons. The molecule has 2 saturated heterocycles. The first-order valence-electron chi connectivity index (χ1n) is 11.4. The van der Waals surface area contributed by atoms with Gasteiger partial charge in [-0.3, -0.25) is 14.6 Å². The Bertz CT molecular complexity index is 879. The van der Waals surface area contributed by atoms with E-state index >= 15 is 0 Å². The van der Waals surface area contributed by atoms with Crippen LogP contribution in [0.5, 0.6) is 0 Å². The number of benzene rings is 1. The zero-order chi connectivity index (χ0) is 21.3. The predicted octanol–water partition coefficient (Wildman–Crippen LogP) is 2.12. The number of piperidine rings is 1. The smallest absolute Gasteiger partial charge is 0.305 e. The Labute approximate surface area is 183 Å². The molecule has 0 amide bonds. The van der Waals surface area contributed by atoms with Crippen LogP contribution in [0, 0.1) is 0 Å². The molecule has 31 heavy (non-hydrogen) atoms. The first kappa shape index (κ1) is 20.5. The highest BCUT2D eigenvalue weighted by molar-refractivity contribution is 5.69. The van der Waals surface area contributed by atoms with Crippen LogP contribution in [-0.2, 0) is 11.3 Å². The van der Waals surface area contributed by atoms with Crippen LogP contribution >= 0.6 is 0 Å². The summed E-state index contributed by atoms with van der Waals surface area (Å²) in [6.45, 7) is 4.31. The standard InChI is InChI=1S/C24H31N5O2/c30-23(31)11-24(15-28(16-24)14-18-12-25-17-26-13-18)29-8-6-20(7-9-29)27-22-10-21(22)19-4-2-1-3-5-19/h1-5,12-13,17,20-22,27H,6-11,14-16H2,(H,30,31)/t21?,22-/m1/s1. The summed E-state index contributed by atoms with van der Waals surface area (Å²) in [6.07, 6.45) is 8.83. The third-order valence-corrected chi connectivity index (χ3v) is 7.17. The summed E-state index contributed by atoms with van der Waals surface area (Å²) in [5.41, 5.74) is 2.28. The number of carbonyl (C=O) groups is 1. The predicted molar refractivity (Wildman–Crippen MR) is 118 cm³/mol. The Balaban J connectivity index is 1.13. The molecule has 0 bridgehead atoms. The fourth-order valence-electron chi connectivity index (χ4n) is 5.54. The van der Waals surface area contributed by atoms with E-state index in [0.717, 1.165) is 51.1 Å². The van der Waals surface area contributed by atoms with Crippen LogP contribution in [-0.4, -0.2) is 74.6 Å². The van der Waals surface area contributed by atoms with Gasteiger partial charge < -0.3 is 10.4 Å². The van der Waals surface area contributed by atoms with Gasteiger partial charge in [0.15, 0.2) is 0 Å². The minimum atomic E-state index is -0.702. The van der Waals surface area contributed by atoms with Crippen LogP contribution in [0.3, 0.4) is 0 Å². The molecule has 0 radical (unpaired) electrons. The molecule has 5 rings (SSSR count). The van der Waals surface area contributed by atoms with Gasteiger partial charge >= 0.3 is 5.97 Å². The number of hydrogen-bond acceptors (Lipinski definition) is 6. The first-order chi connectivity index (χ1) is 15.1. The number of aromatic nitrogens is 2. The molecule has 2 N–H and O–H groups in total. The fourth-order valence-corrected chi connectivity index (χ4v) is 5.54. The lowest BCUT2D eigenvalue weighted by atomic mass is 9.82. The van der Waals surface area contributed by atoms with Gasteiger partial charge in [-0.1, -0.05) is 30.3 Å². The minimum Gasteiger partial charge on any atom is -0.481 e. The number of likely N-dealkylation sites (tertiary alicyclic amines) is 2. The van der Waals surface area contributed by atoms with Gasteiger partial charge in [0.2, 0.25) is 0 Å². The van der Waals surface area contributed by atoms with Crippen molar-refractivity contribution >= 4 is 5.97 Å². The second-order valence-electron chi connectivity index (χ2n) is 9.47. The monoisotopic (exact) mass is 421 g/mol. The summed E-state index contributed by atoms with van der Waals surface area (Å²) in [7, 11) is 0. The Morgan fingerprint density at radius 3 is 2.52 bits per heavy atom. The van der Waals surface area contributed by atoms with Crippen molar-refractivity contribution in [3.8, 4) is 0 Å². The zero-order valence-electron chi connectivity index (χ0n) is 17.9. The van der Waals surface area contributed by atoms with Gasteiger partial charge in [0.25, 0.3) is 0 Å². The quantitative estimate of drug-likeness (QED) is 0.676. The molecular formula is C24H31N5O2. The number of carboxylic acid groups (broad SMARTS) is 1. The van der Waals surface area contributed by atoms with E-state index in [1.165, 1.54) is 18.3 Å². The SMILES string of the molecule is O=C(O)CC1(N2CCC(N[C@@H]3CC3c3ccccc3)CC2)CN(Cc2cncnc2)C1. The molecule has 7 nitrogen and oxygen atoms in total. The molecule has 2 aliphatic heterocycles. The van der Waals surface area contributed by atoms with Crippen LogP contribution in [0.4, 0.5) is 0 Å². The first-order valence-corrected chi connectivity index (χ1v) is 11.4. The fraction of sp³-hybridized carbons (Fsp3) is 0.542. The van der Waals surface area contributed by atoms with Crippen LogP contribution in [0.2, 0.25) is 0 Å². The van der Waals surface area contributed by atoms with E-state index in [2.05, 4.69) is 55.4 Å². The average Bonchev–Trinajstić information content (AvgIpc) is 3.53. The highest BCUT2D eigenvalue weighted by atomic mass is 16.4. The van der Waals surface area contributed by atoms with Gasteiger partial charge in [-0.25, -0.2) is 9.97 Å². The molecule has 7 heteroatoms. The summed E-state index contributed by atoms with van der Waals surface area (Å²) in [4.78, 5) is 24.5. The van der Waals surface area contributed by atoms with Crippen molar-refractivity contribution in [3.05, 3.63) is 60.2 Å². The van der Waals surface area contributed by atoms with Crippen molar-refractivity contribution in [3.63, 3.8) is 0 Å². The summed E-state index contributed by atoms with van der Waals surface area (Å²) in [6, 6.07) is 11.9. The van der Waals surface area contributed by atoms with Gasteiger partial charge in [-0.15, -0.1) is 0 Å². The van der Waals surface area contributed by atoms with Gasteiger partial charge in [0.05, 0.1) is 12.0 Å². The number of hydrogen-bond donors (Lipinski definition) is 2. The Hall–Kier alpha value is -2.35. The van der Waals surface area contributed by atoms with E-state index in [9.17, 15) is 9.90 Å². The van der Waals surface area contributed by atoms with Crippen molar-refractivity contribution in [1.29, 1.82) is 0 Å². The highest BCUT2D eigenvalue weighted by Gasteiger charge is 2.50. The molecule has 3 fully saturated rings. The average molecular weight is 422 g/mol. The molecule has 1 aromatic heterocycles. The maximum absolute atomic E-state index is 11.6.